The van der Waals surface area contributed by atoms with E-state index in [1.54, 1.807) is 18.2 Å². The fourth-order valence-corrected chi connectivity index (χ4v) is 2.47. The number of furan rings is 1. The molecule has 2 N–H and O–H groups in total. The van der Waals surface area contributed by atoms with Gasteiger partial charge in [-0.3, -0.25) is 9.59 Å². The topological polar surface area (TPSA) is 74.6 Å². The Balaban J connectivity index is 1.72. The number of hydrogen-bond acceptors (Lipinski definition) is 4. The lowest BCUT2D eigenvalue weighted by molar-refractivity contribution is -0.117. The highest BCUT2D eigenvalue weighted by Gasteiger charge is 2.05. The summed E-state index contributed by atoms with van der Waals surface area (Å²) in [6.45, 7) is 6.37. The van der Waals surface area contributed by atoms with Crippen LogP contribution in [0.5, 0.6) is 0 Å². The molecule has 0 spiro atoms. The van der Waals surface area contributed by atoms with Gasteiger partial charge in [0.25, 0.3) is 0 Å². The summed E-state index contributed by atoms with van der Waals surface area (Å²) in [5, 5.41) is 5.50. The summed E-state index contributed by atoms with van der Waals surface area (Å²) < 4.78 is 5.10. The molecular formula is C20H25N3O3. The fourth-order valence-electron chi connectivity index (χ4n) is 2.47. The average Bonchev–Trinajstić information content (AvgIpc) is 3.16. The molecule has 6 nitrogen and oxygen atoms in total. The zero-order chi connectivity index (χ0) is 18.8. The van der Waals surface area contributed by atoms with Crippen LogP contribution in [0.3, 0.4) is 0 Å². The summed E-state index contributed by atoms with van der Waals surface area (Å²) in [6.07, 6.45) is 4.70. The van der Waals surface area contributed by atoms with Crippen molar-refractivity contribution < 1.29 is 14.0 Å². The molecule has 1 aromatic heterocycles. The highest BCUT2D eigenvalue weighted by Crippen LogP contribution is 2.17. The van der Waals surface area contributed by atoms with Gasteiger partial charge in [0.05, 0.1) is 6.26 Å². The van der Waals surface area contributed by atoms with E-state index in [9.17, 15) is 9.59 Å². The third-order valence-corrected chi connectivity index (χ3v) is 3.87. The summed E-state index contributed by atoms with van der Waals surface area (Å²) in [6, 6.07) is 11.2. The standard InChI is InChI=1S/C20H25N3O3/c1-3-23(4-2)17-9-7-16(8-10-17)22-20(25)13-14-21-19(24)12-11-18-6-5-15-26-18/h5-12,15H,3-4,13-14H2,1-2H3,(H,21,24)(H,22,25). The van der Waals surface area contributed by atoms with Crippen molar-refractivity contribution in [3.05, 3.63) is 54.5 Å². The normalized spacial score (nSPS) is 10.7. The maximum Gasteiger partial charge on any atom is 0.244 e. The molecule has 0 radical (unpaired) electrons. The van der Waals surface area contributed by atoms with Gasteiger partial charge in [-0.05, 0) is 56.3 Å². The van der Waals surface area contributed by atoms with Crippen LogP contribution in [-0.2, 0) is 9.59 Å². The molecule has 0 aliphatic carbocycles. The fraction of sp³-hybridized carbons (Fsp3) is 0.300. The second kappa shape index (κ2) is 10.1. The molecule has 0 unspecified atom stereocenters. The first-order valence-electron chi connectivity index (χ1n) is 8.76. The van der Waals surface area contributed by atoms with Crippen LogP contribution in [0.15, 0.2) is 53.2 Å². The van der Waals surface area contributed by atoms with Gasteiger partial charge in [0, 0.05) is 43.5 Å². The van der Waals surface area contributed by atoms with Gasteiger partial charge in [-0.25, -0.2) is 0 Å². The third kappa shape index (κ3) is 6.12. The van der Waals surface area contributed by atoms with Crippen LogP contribution in [0.1, 0.15) is 26.0 Å². The number of nitrogens with one attached hydrogen (secondary N) is 2. The van der Waals surface area contributed by atoms with Crippen molar-refractivity contribution in [2.24, 2.45) is 0 Å². The van der Waals surface area contributed by atoms with Gasteiger partial charge in [-0.1, -0.05) is 0 Å². The van der Waals surface area contributed by atoms with E-state index in [2.05, 4.69) is 29.4 Å². The Labute approximate surface area is 153 Å². The van der Waals surface area contributed by atoms with Gasteiger partial charge in [-0.15, -0.1) is 0 Å². The first-order chi connectivity index (χ1) is 12.6. The van der Waals surface area contributed by atoms with Crippen molar-refractivity contribution in [1.29, 1.82) is 0 Å². The van der Waals surface area contributed by atoms with Crippen molar-refractivity contribution in [2.45, 2.75) is 20.3 Å². The van der Waals surface area contributed by atoms with Crippen molar-refractivity contribution in [1.82, 2.24) is 5.32 Å². The van der Waals surface area contributed by atoms with E-state index in [0.717, 1.165) is 24.5 Å². The maximum absolute atomic E-state index is 12.0. The summed E-state index contributed by atoms with van der Waals surface area (Å²) in [4.78, 5) is 25.9. The minimum atomic E-state index is -0.266. The predicted octanol–water partition coefficient (Wildman–Crippen LogP) is 3.28. The highest BCUT2D eigenvalue weighted by molar-refractivity contribution is 5.93. The molecule has 0 fully saturated rings. The summed E-state index contributed by atoms with van der Waals surface area (Å²) >= 11 is 0. The SMILES string of the molecule is CCN(CC)c1ccc(NC(=O)CCNC(=O)C=Cc2ccco2)cc1. The van der Waals surface area contributed by atoms with Crippen molar-refractivity contribution >= 4 is 29.3 Å². The summed E-state index contributed by atoms with van der Waals surface area (Å²) in [5.41, 5.74) is 1.87. The van der Waals surface area contributed by atoms with E-state index in [1.165, 1.54) is 12.3 Å². The van der Waals surface area contributed by atoms with Crippen LogP contribution in [0, 0.1) is 0 Å². The number of rotatable bonds is 9. The smallest absolute Gasteiger partial charge is 0.244 e. The summed E-state index contributed by atoms with van der Waals surface area (Å²) in [5.74, 6) is 0.194. The Bertz CT molecular complexity index is 717. The molecule has 0 bridgehead atoms. The Morgan fingerprint density at radius 3 is 2.46 bits per heavy atom. The summed E-state index contributed by atoms with van der Waals surface area (Å²) in [7, 11) is 0. The van der Waals surface area contributed by atoms with Crippen LogP contribution in [0.4, 0.5) is 11.4 Å². The zero-order valence-corrected chi connectivity index (χ0v) is 15.2. The minimum absolute atomic E-state index is 0.143. The lowest BCUT2D eigenvalue weighted by Gasteiger charge is -2.21. The number of amides is 2. The first kappa shape index (κ1) is 19.3. The molecule has 0 saturated heterocycles. The first-order valence-corrected chi connectivity index (χ1v) is 8.76. The largest absolute Gasteiger partial charge is 0.465 e. The maximum atomic E-state index is 12.0. The van der Waals surface area contributed by atoms with Gasteiger partial charge < -0.3 is 20.0 Å². The van der Waals surface area contributed by atoms with Crippen molar-refractivity contribution in [3.8, 4) is 0 Å². The molecule has 138 valence electrons. The Hall–Kier alpha value is -3.02. The zero-order valence-electron chi connectivity index (χ0n) is 15.2. The Kier molecular flexibility index (Phi) is 7.49. The second-order valence-electron chi connectivity index (χ2n) is 5.66. The van der Waals surface area contributed by atoms with E-state index < -0.39 is 0 Å². The molecule has 26 heavy (non-hydrogen) atoms. The molecule has 0 aliphatic heterocycles. The lowest BCUT2D eigenvalue weighted by atomic mass is 10.2. The number of hydrogen-bond donors (Lipinski definition) is 2. The molecule has 2 amide bonds. The number of carbonyl (C=O) groups excluding carboxylic acids is 2. The van der Waals surface area contributed by atoms with E-state index in [0.29, 0.717) is 5.76 Å². The van der Waals surface area contributed by atoms with E-state index in [1.807, 2.05) is 24.3 Å². The van der Waals surface area contributed by atoms with Gasteiger partial charge in [-0.2, -0.15) is 0 Å². The van der Waals surface area contributed by atoms with Crippen molar-refractivity contribution in [2.75, 3.05) is 29.9 Å². The molecular weight excluding hydrogens is 330 g/mol. The lowest BCUT2D eigenvalue weighted by Crippen LogP contribution is -2.26. The monoisotopic (exact) mass is 355 g/mol. The van der Waals surface area contributed by atoms with Crippen LogP contribution in [0.2, 0.25) is 0 Å². The van der Waals surface area contributed by atoms with E-state index in [-0.39, 0.29) is 24.8 Å². The van der Waals surface area contributed by atoms with Crippen LogP contribution in [0.25, 0.3) is 6.08 Å². The minimum Gasteiger partial charge on any atom is -0.465 e. The van der Waals surface area contributed by atoms with E-state index >= 15 is 0 Å². The van der Waals surface area contributed by atoms with E-state index in [4.69, 9.17) is 4.42 Å². The number of nitrogens with zero attached hydrogens (tertiary/aromatic N) is 1. The number of anilines is 2. The molecule has 2 aromatic rings. The molecule has 0 atom stereocenters. The van der Waals surface area contributed by atoms with Gasteiger partial charge in [0.1, 0.15) is 5.76 Å². The molecule has 1 aromatic carbocycles. The van der Waals surface area contributed by atoms with Crippen molar-refractivity contribution in [3.63, 3.8) is 0 Å². The van der Waals surface area contributed by atoms with Crippen LogP contribution < -0.4 is 15.5 Å². The van der Waals surface area contributed by atoms with Gasteiger partial charge in [0.15, 0.2) is 0 Å². The number of carbonyl (C=O) groups is 2. The molecule has 6 heteroatoms. The molecule has 2 rings (SSSR count). The van der Waals surface area contributed by atoms with Crippen LogP contribution in [-0.4, -0.2) is 31.4 Å². The molecule has 0 aliphatic rings. The average molecular weight is 355 g/mol. The van der Waals surface area contributed by atoms with Crippen LogP contribution >= 0.6 is 0 Å². The quantitative estimate of drug-likeness (QED) is 0.677. The molecule has 1 heterocycles. The Morgan fingerprint density at radius 2 is 1.85 bits per heavy atom. The predicted molar refractivity (Wildman–Crippen MR) is 104 cm³/mol. The Morgan fingerprint density at radius 1 is 1.12 bits per heavy atom. The highest BCUT2D eigenvalue weighted by atomic mass is 16.3. The van der Waals surface area contributed by atoms with Gasteiger partial charge >= 0.3 is 0 Å². The molecule has 0 saturated carbocycles. The number of benzene rings is 1. The van der Waals surface area contributed by atoms with Gasteiger partial charge in [0.2, 0.25) is 11.8 Å². The third-order valence-electron chi connectivity index (χ3n) is 3.87. The second-order valence-corrected chi connectivity index (χ2v) is 5.66.